The zero-order valence-electron chi connectivity index (χ0n) is 60.5. The van der Waals surface area contributed by atoms with E-state index in [9.17, 15) is 0 Å². The van der Waals surface area contributed by atoms with Gasteiger partial charge < -0.3 is 37.9 Å². The fraction of sp³-hybridized carbons (Fsp3) is 0.0400. The van der Waals surface area contributed by atoms with Crippen molar-refractivity contribution in [2.75, 3.05) is 47.8 Å². The van der Waals surface area contributed by atoms with Gasteiger partial charge in [-0.1, -0.05) is 182 Å². The van der Waals surface area contributed by atoms with Gasteiger partial charge in [0.1, 0.15) is 0 Å². The Morgan fingerprint density at radius 3 is 0.648 bits per heavy atom. The van der Waals surface area contributed by atoms with Gasteiger partial charge in [-0.25, -0.2) is 0 Å². The van der Waals surface area contributed by atoms with E-state index in [1.54, 1.807) is 0 Å². The van der Waals surface area contributed by atoms with E-state index < -0.39 is 0 Å². The molecule has 0 spiro atoms. The molecule has 0 saturated carbocycles. The lowest BCUT2D eigenvalue weighted by Crippen LogP contribution is -2.09. The number of rotatable bonds is 14. The topological polar surface area (TPSA) is 32.7 Å². The van der Waals surface area contributed by atoms with Gasteiger partial charge in [-0.2, -0.15) is 0 Å². The summed E-state index contributed by atoms with van der Waals surface area (Å²) in [6.07, 6.45) is 0. The van der Waals surface area contributed by atoms with E-state index in [-0.39, 0.29) is 0 Å². The molecule has 4 aromatic heterocycles. The minimum atomic E-state index is 1.11. The first kappa shape index (κ1) is 64.7. The predicted molar refractivity (Wildman–Crippen MR) is 459 cm³/mol. The molecule has 516 valence electrons. The molecule has 8 heteroatoms. The quantitative estimate of drug-likeness (QED) is 0.109. The average molecular weight is 1390 g/mol. The molecule has 0 unspecified atom stereocenters. The second-order valence-electron chi connectivity index (χ2n) is 28.2. The van der Waals surface area contributed by atoms with Crippen LogP contribution in [0.2, 0.25) is 0 Å². The molecule has 0 aliphatic carbocycles. The number of aromatic nitrogens is 4. The molecule has 0 amide bonds. The molecule has 0 radical (unpaired) electrons. The van der Waals surface area contributed by atoms with E-state index in [4.69, 9.17) is 0 Å². The lowest BCUT2D eigenvalue weighted by molar-refractivity contribution is 1.11. The number of benzene rings is 16. The molecule has 8 nitrogen and oxygen atoms in total. The highest BCUT2D eigenvalue weighted by atomic mass is 15.2. The summed E-state index contributed by atoms with van der Waals surface area (Å²) < 4.78 is 9.57. The summed E-state index contributed by atoms with van der Waals surface area (Å²) in [4.78, 5) is 8.92. The van der Waals surface area contributed by atoms with Gasteiger partial charge in [-0.15, -0.1) is 0 Å². The molecular weight excluding hydrogens is 1310 g/mol. The highest BCUT2D eigenvalue weighted by Crippen LogP contribution is 2.44. The minimum absolute atomic E-state index is 1.11. The normalized spacial score (nSPS) is 11.5. The summed E-state index contributed by atoms with van der Waals surface area (Å²) >= 11 is 0. The highest BCUT2D eigenvalue weighted by Gasteiger charge is 2.22. The van der Waals surface area contributed by atoms with E-state index in [1.807, 2.05) is 0 Å². The Labute approximate surface area is 628 Å². The van der Waals surface area contributed by atoms with Crippen LogP contribution in [0.5, 0.6) is 0 Å². The van der Waals surface area contributed by atoms with Crippen molar-refractivity contribution in [3.63, 3.8) is 0 Å². The molecule has 16 aromatic carbocycles. The molecule has 0 fully saturated rings. The van der Waals surface area contributed by atoms with Crippen molar-refractivity contribution in [3.05, 3.63) is 388 Å². The van der Waals surface area contributed by atoms with Crippen LogP contribution in [0, 0.1) is 0 Å². The van der Waals surface area contributed by atoms with Crippen molar-refractivity contribution in [3.8, 4) is 45.0 Å². The van der Waals surface area contributed by atoms with E-state index in [2.05, 4.69) is 454 Å². The van der Waals surface area contributed by atoms with Crippen molar-refractivity contribution in [2.45, 2.75) is 0 Å². The lowest BCUT2D eigenvalue weighted by atomic mass is 10.0. The predicted octanol–water partition coefficient (Wildman–Crippen LogP) is 26.2. The third-order valence-electron chi connectivity index (χ3n) is 21.4. The summed E-state index contributed by atoms with van der Waals surface area (Å²) in [6.45, 7) is 0. The number of fused-ring (bicyclic) bond motifs is 12. The Bertz CT molecular complexity index is 6240. The van der Waals surface area contributed by atoms with Crippen LogP contribution < -0.4 is 19.6 Å². The summed E-state index contributed by atoms with van der Waals surface area (Å²) in [5.74, 6) is 0. The smallest absolute Gasteiger partial charge is 0.0541 e. The van der Waals surface area contributed by atoms with Crippen molar-refractivity contribution < 1.29 is 0 Å². The van der Waals surface area contributed by atoms with Crippen LogP contribution in [-0.2, 0) is 0 Å². The maximum Gasteiger partial charge on any atom is 0.0541 e. The Morgan fingerprint density at radius 2 is 0.380 bits per heavy atom. The monoisotopic (exact) mass is 1390 g/mol. The van der Waals surface area contributed by atoms with E-state index >= 15 is 0 Å². The standard InChI is InChI=1S/C60H42N4.C40H34N4/c1-5-17-45(18-6-1)61(46-19-7-2-8-20-46)49-31-35-51(36-32-49)63-57-27-15-13-25-53(57)55-41-43(29-39-59(55)63)44-30-40-60-56(42-44)54-26-14-16-28-58(54)64(60)52-37-33-50(34-38-52)62(47-21-9-3-10-22-47)48-23-11-4-12-24-48;1-41(2)29-11-9-13-31(25-29)43-37-17-7-5-15-33(37)35-23-27(19-21-39(35)43)28-20-22-40-36(24-28)34-16-6-8-18-38(34)44(40)32-14-10-12-30(26-32)42(3)4/h1-42H;5-26H,1-4H3. The zero-order chi connectivity index (χ0) is 72.3. The summed E-state index contributed by atoms with van der Waals surface area (Å²) in [5.41, 5.74) is 28.1. The van der Waals surface area contributed by atoms with Crippen LogP contribution in [0.25, 0.3) is 132 Å². The van der Waals surface area contributed by atoms with Crippen LogP contribution in [-0.4, -0.2) is 46.5 Å². The van der Waals surface area contributed by atoms with Crippen molar-refractivity contribution in [1.82, 2.24) is 18.3 Å². The summed E-state index contributed by atoms with van der Waals surface area (Å²) in [6, 6.07) is 140. The van der Waals surface area contributed by atoms with Crippen LogP contribution in [0.3, 0.4) is 0 Å². The zero-order valence-corrected chi connectivity index (χ0v) is 60.5. The van der Waals surface area contributed by atoms with Crippen molar-refractivity contribution in [1.29, 1.82) is 0 Å². The fourth-order valence-electron chi connectivity index (χ4n) is 16.2. The van der Waals surface area contributed by atoms with Crippen LogP contribution >= 0.6 is 0 Å². The van der Waals surface area contributed by atoms with E-state index in [1.165, 1.54) is 132 Å². The van der Waals surface area contributed by atoms with Gasteiger partial charge in [0.05, 0.1) is 44.1 Å². The van der Waals surface area contributed by atoms with Gasteiger partial charge >= 0.3 is 0 Å². The second kappa shape index (κ2) is 27.2. The molecule has 0 atom stereocenters. The molecule has 4 heterocycles. The van der Waals surface area contributed by atoms with E-state index in [0.29, 0.717) is 0 Å². The Balaban J connectivity index is 0.000000158. The third-order valence-corrected chi connectivity index (χ3v) is 21.4. The highest BCUT2D eigenvalue weighted by molar-refractivity contribution is 6.15. The first-order valence-electron chi connectivity index (χ1n) is 37.0. The van der Waals surface area contributed by atoms with Gasteiger partial charge in [-0.3, -0.25) is 0 Å². The molecule has 20 aromatic rings. The maximum absolute atomic E-state index is 2.40. The van der Waals surface area contributed by atoms with Gasteiger partial charge in [0, 0.05) is 140 Å². The first-order chi connectivity index (χ1) is 53.2. The summed E-state index contributed by atoms with van der Waals surface area (Å²) in [5, 5.41) is 9.98. The lowest BCUT2D eigenvalue weighted by Gasteiger charge is -2.25. The number of hydrogen-bond acceptors (Lipinski definition) is 4. The summed E-state index contributed by atoms with van der Waals surface area (Å²) in [7, 11) is 8.36. The molecule has 0 aliphatic rings. The van der Waals surface area contributed by atoms with E-state index in [0.717, 1.165) is 45.5 Å². The van der Waals surface area contributed by atoms with Crippen LogP contribution in [0.15, 0.2) is 388 Å². The number of para-hydroxylation sites is 8. The van der Waals surface area contributed by atoms with Crippen LogP contribution in [0.1, 0.15) is 0 Å². The Hall–Kier alpha value is -14.1. The average Bonchev–Trinajstić information content (AvgIpc) is 1.60. The van der Waals surface area contributed by atoms with Crippen LogP contribution in [0.4, 0.5) is 45.5 Å². The minimum Gasteiger partial charge on any atom is -0.378 e. The molecule has 0 N–H and O–H groups in total. The van der Waals surface area contributed by atoms with Gasteiger partial charge in [0.15, 0.2) is 0 Å². The Morgan fingerprint density at radius 1 is 0.157 bits per heavy atom. The SMILES string of the molecule is CN(C)c1cccc(-n2c3ccccc3c3cc(-c4ccc5c(c4)c4ccccc4n5-c4cccc(N(C)C)c4)ccc32)c1.c1ccc(N(c2ccccc2)c2ccc(-n3c4ccccc4c4cc(-c5ccc6c(c5)c5ccccc5n6-c5ccc(N(c6ccccc6)c6ccccc6)cc5)ccc43)cc2)cc1. The number of nitrogens with zero attached hydrogens (tertiary/aromatic N) is 8. The number of hydrogen-bond donors (Lipinski definition) is 0. The molecular formula is C100H76N8. The molecule has 108 heavy (non-hydrogen) atoms. The molecule has 20 rings (SSSR count). The molecule has 0 aliphatic heterocycles. The van der Waals surface area contributed by atoms with Gasteiger partial charge in [0.2, 0.25) is 0 Å². The number of anilines is 8. The Kier molecular flexibility index (Phi) is 16.3. The third kappa shape index (κ3) is 11.4. The first-order valence-corrected chi connectivity index (χ1v) is 37.0. The van der Waals surface area contributed by atoms with Gasteiger partial charge in [0.25, 0.3) is 0 Å². The van der Waals surface area contributed by atoms with Gasteiger partial charge in [-0.05, 0) is 229 Å². The largest absolute Gasteiger partial charge is 0.378 e. The second-order valence-corrected chi connectivity index (χ2v) is 28.2. The fourth-order valence-corrected chi connectivity index (χ4v) is 16.2. The molecule has 0 bridgehead atoms. The van der Waals surface area contributed by atoms with Crippen molar-refractivity contribution in [2.24, 2.45) is 0 Å². The maximum atomic E-state index is 2.40. The molecule has 0 saturated heterocycles. The van der Waals surface area contributed by atoms with Crippen molar-refractivity contribution >= 4 is 133 Å².